The van der Waals surface area contributed by atoms with Crippen molar-refractivity contribution >= 4 is 23.4 Å². The zero-order valence-corrected chi connectivity index (χ0v) is 15.7. The van der Waals surface area contributed by atoms with E-state index in [0.717, 1.165) is 0 Å². The lowest BCUT2D eigenvalue weighted by Crippen LogP contribution is -2.41. The van der Waals surface area contributed by atoms with Crippen molar-refractivity contribution in [2.45, 2.75) is 45.2 Å². The number of hydrogen-bond donors (Lipinski definition) is 2. The Hall–Kier alpha value is -2.41. The lowest BCUT2D eigenvalue weighted by molar-refractivity contribution is -0.126. The number of carbonyl (C=O) groups excluding carboxylic acids is 2. The van der Waals surface area contributed by atoms with Gasteiger partial charge in [-0.3, -0.25) is 9.59 Å². The van der Waals surface area contributed by atoms with Crippen molar-refractivity contribution in [3.8, 4) is 0 Å². The summed E-state index contributed by atoms with van der Waals surface area (Å²) in [6.45, 7) is 1.74. The molecule has 0 saturated heterocycles. The Balaban J connectivity index is 1.46. The number of amides is 2. The van der Waals surface area contributed by atoms with Crippen molar-refractivity contribution in [1.29, 1.82) is 0 Å². The number of nitrogens with zero attached hydrogens (tertiary/aromatic N) is 1. The summed E-state index contributed by atoms with van der Waals surface area (Å²) < 4.78 is 18.8. The highest BCUT2D eigenvalue weighted by Gasteiger charge is 2.28. The van der Waals surface area contributed by atoms with Gasteiger partial charge in [0, 0.05) is 36.0 Å². The third-order valence-corrected chi connectivity index (χ3v) is 5.14. The fourth-order valence-electron chi connectivity index (χ4n) is 3.25. The third kappa shape index (κ3) is 4.86. The van der Waals surface area contributed by atoms with E-state index in [2.05, 4.69) is 15.6 Å². The molecule has 0 unspecified atom stereocenters. The largest absolute Gasteiger partial charge is 0.448 e. The van der Waals surface area contributed by atoms with E-state index in [-0.39, 0.29) is 41.6 Å². The van der Waals surface area contributed by atoms with Gasteiger partial charge in [-0.25, -0.2) is 9.37 Å². The predicted octanol–water partition coefficient (Wildman–Crippen LogP) is 3.38. The van der Waals surface area contributed by atoms with Crippen LogP contribution in [-0.4, -0.2) is 22.8 Å². The molecular formula is C19H21ClFN3O3. The first-order valence-electron chi connectivity index (χ1n) is 8.87. The zero-order valence-electron chi connectivity index (χ0n) is 14.9. The van der Waals surface area contributed by atoms with E-state index in [0.29, 0.717) is 36.6 Å². The first-order valence-corrected chi connectivity index (χ1v) is 9.25. The van der Waals surface area contributed by atoms with Crippen LogP contribution in [0.3, 0.4) is 0 Å². The summed E-state index contributed by atoms with van der Waals surface area (Å²) in [5, 5.41) is 5.98. The maximum atomic E-state index is 13.8. The molecule has 3 rings (SSSR count). The van der Waals surface area contributed by atoms with Gasteiger partial charge in [0.1, 0.15) is 12.1 Å². The van der Waals surface area contributed by atoms with Crippen LogP contribution >= 0.6 is 11.6 Å². The van der Waals surface area contributed by atoms with Gasteiger partial charge in [0.2, 0.25) is 5.91 Å². The highest BCUT2D eigenvalue weighted by Crippen LogP contribution is 2.25. The Kier molecular flexibility index (Phi) is 6.11. The van der Waals surface area contributed by atoms with E-state index < -0.39 is 5.82 Å². The summed E-state index contributed by atoms with van der Waals surface area (Å²) in [4.78, 5) is 28.5. The van der Waals surface area contributed by atoms with E-state index >= 15 is 0 Å². The summed E-state index contributed by atoms with van der Waals surface area (Å²) >= 11 is 5.98. The quantitative estimate of drug-likeness (QED) is 0.815. The van der Waals surface area contributed by atoms with Crippen molar-refractivity contribution < 1.29 is 18.4 Å². The third-order valence-electron chi connectivity index (χ3n) is 4.79. The molecule has 2 amide bonds. The van der Waals surface area contributed by atoms with E-state index in [1.807, 2.05) is 0 Å². The average Bonchev–Trinajstić information content (AvgIpc) is 3.08. The molecule has 8 heteroatoms. The van der Waals surface area contributed by atoms with Crippen LogP contribution in [0.15, 0.2) is 28.9 Å². The van der Waals surface area contributed by atoms with Crippen molar-refractivity contribution in [2.75, 3.05) is 0 Å². The molecule has 144 valence electrons. The molecule has 0 atom stereocenters. The average molecular weight is 394 g/mol. The van der Waals surface area contributed by atoms with Gasteiger partial charge in [-0.2, -0.15) is 0 Å². The van der Waals surface area contributed by atoms with Gasteiger partial charge < -0.3 is 15.1 Å². The minimum absolute atomic E-state index is 0.000400. The van der Waals surface area contributed by atoms with Gasteiger partial charge >= 0.3 is 0 Å². The first kappa shape index (κ1) is 19.4. The van der Waals surface area contributed by atoms with Gasteiger partial charge in [0.15, 0.2) is 11.6 Å². The van der Waals surface area contributed by atoms with E-state index in [9.17, 15) is 14.0 Å². The molecule has 1 aromatic carbocycles. The lowest BCUT2D eigenvalue weighted by Gasteiger charge is -2.28. The van der Waals surface area contributed by atoms with Crippen LogP contribution in [0.25, 0.3) is 0 Å². The second-order valence-corrected chi connectivity index (χ2v) is 7.10. The zero-order chi connectivity index (χ0) is 19.4. The minimum Gasteiger partial charge on any atom is -0.448 e. The smallest absolute Gasteiger partial charge is 0.273 e. The van der Waals surface area contributed by atoms with E-state index in [4.69, 9.17) is 16.0 Å². The van der Waals surface area contributed by atoms with E-state index in [1.54, 1.807) is 13.0 Å². The number of oxazole rings is 1. The van der Waals surface area contributed by atoms with Crippen molar-refractivity contribution in [2.24, 2.45) is 5.92 Å². The Morgan fingerprint density at radius 3 is 2.67 bits per heavy atom. The molecule has 0 bridgehead atoms. The second-order valence-electron chi connectivity index (χ2n) is 6.69. The molecule has 1 aliphatic carbocycles. The van der Waals surface area contributed by atoms with Gasteiger partial charge in [0.25, 0.3) is 5.91 Å². The summed E-state index contributed by atoms with van der Waals surface area (Å²) in [5.41, 5.74) is 0.547. The number of rotatable bonds is 5. The number of carbonyl (C=O) groups is 2. The number of aryl methyl sites for hydroxylation is 1. The fourth-order valence-corrected chi connectivity index (χ4v) is 3.48. The van der Waals surface area contributed by atoms with Gasteiger partial charge in [0.05, 0.1) is 0 Å². The summed E-state index contributed by atoms with van der Waals surface area (Å²) in [6.07, 6.45) is 4.03. The monoisotopic (exact) mass is 393 g/mol. The maximum Gasteiger partial charge on any atom is 0.273 e. The summed E-state index contributed by atoms with van der Waals surface area (Å²) in [7, 11) is 0. The van der Waals surface area contributed by atoms with Crippen LogP contribution in [0.2, 0.25) is 5.02 Å². The Morgan fingerprint density at radius 1 is 1.30 bits per heavy atom. The summed E-state index contributed by atoms with van der Waals surface area (Å²) in [5.74, 6) is -0.536. The van der Waals surface area contributed by atoms with Crippen LogP contribution in [0.5, 0.6) is 0 Å². The van der Waals surface area contributed by atoms with Crippen LogP contribution < -0.4 is 10.6 Å². The normalized spacial score (nSPS) is 19.5. The molecule has 1 aliphatic rings. The van der Waals surface area contributed by atoms with Crippen molar-refractivity contribution in [3.05, 3.63) is 52.5 Å². The molecule has 1 heterocycles. The van der Waals surface area contributed by atoms with Gasteiger partial charge in [-0.1, -0.05) is 17.7 Å². The maximum absolute atomic E-state index is 13.8. The second kappa shape index (κ2) is 8.52. The van der Waals surface area contributed by atoms with Crippen LogP contribution in [-0.2, 0) is 11.3 Å². The van der Waals surface area contributed by atoms with Crippen LogP contribution in [0.1, 0.15) is 47.6 Å². The molecule has 1 aromatic heterocycles. The molecular weight excluding hydrogens is 373 g/mol. The van der Waals surface area contributed by atoms with Crippen molar-refractivity contribution in [1.82, 2.24) is 15.6 Å². The minimum atomic E-state index is -0.433. The number of benzene rings is 1. The molecule has 0 aliphatic heterocycles. The van der Waals surface area contributed by atoms with Crippen LogP contribution in [0.4, 0.5) is 4.39 Å². The van der Waals surface area contributed by atoms with Gasteiger partial charge in [-0.05, 0) is 37.8 Å². The molecule has 27 heavy (non-hydrogen) atoms. The van der Waals surface area contributed by atoms with Crippen molar-refractivity contribution in [3.63, 3.8) is 0 Å². The number of aromatic nitrogens is 1. The number of halogens is 2. The Morgan fingerprint density at radius 2 is 2.04 bits per heavy atom. The molecule has 1 fully saturated rings. The molecule has 0 spiro atoms. The molecule has 0 radical (unpaired) electrons. The number of nitrogens with one attached hydrogen (secondary N) is 2. The number of hydrogen-bond acceptors (Lipinski definition) is 4. The fraction of sp³-hybridized carbons (Fsp3) is 0.421. The Bertz CT molecular complexity index is 811. The van der Waals surface area contributed by atoms with Crippen LogP contribution in [0, 0.1) is 18.7 Å². The molecule has 2 aromatic rings. The topological polar surface area (TPSA) is 84.2 Å². The van der Waals surface area contributed by atoms with Gasteiger partial charge in [-0.15, -0.1) is 0 Å². The lowest BCUT2D eigenvalue weighted by atomic mass is 9.85. The highest BCUT2D eigenvalue weighted by molar-refractivity contribution is 6.31. The summed E-state index contributed by atoms with van der Waals surface area (Å²) in [6, 6.07) is 4.44. The molecule has 1 saturated carbocycles. The predicted molar refractivity (Wildman–Crippen MR) is 97.7 cm³/mol. The molecule has 2 N–H and O–H groups in total. The van der Waals surface area contributed by atoms with E-state index in [1.165, 1.54) is 18.4 Å². The highest BCUT2D eigenvalue weighted by atomic mass is 35.5. The molecule has 6 nitrogen and oxygen atoms in total. The Labute approximate surface area is 161 Å². The first-order chi connectivity index (χ1) is 12.9. The standard InChI is InChI=1S/C19H21ClFN3O3/c1-11-23-17(10-27-11)19(26)24-13-7-5-12(6-8-13)18(25)22-9-14-15(20)3-2-4-16(14)21/h2-4,10,12-13H,5-9H2,1H3,(H,22,25)(H,24,26). The SMILES string of the molecule is Cc1nc(C(=O)NC2CCC(C(=O)NCc3c(F)cccc3Cl)CC2)co1.